The molecule has 4 aromatic rings. The van der Waals surface area contributed by atoms with Crippen molar-refractivity contribution in [2.75, 3.05) is 12.3 Å². The summed E-state index contributed by atoms with van der Waals surface area (Å²) in [5.41, 5.74) is 8.68. The summed E-state index contributed by atoms with van der Waals surface area (Å²) in [6, 6.07) is 18.0. The van der Waals surface area contributed by atoms with E-state index in [1.807, 2.05) is 59.3 Å². The fraction of sp³-hybridized carbons (Fsp3) is 0.261. The fourth-order valence-electron chi connectivity index (χ4n) is 3.31. The predicted molar refractivity (Wildman–Crippen MR) is 119 cm³/mol. The van der Waals surface area contributed by atoms with Crippen molar-refractivity contribution in [3.8, 4) is 22.8 Å². The number of nitrogens with one attached hydrogen (secondary N) is 1. The van der Waals surface area contributed by atoms with Crippen LogP contribution in [0.5, 0.6) is 11.5 Å². The summed E-state index contributed by atoms with van der Waals surface area (Å²) in [5.74, 6) is 2.00. The molecule has 4 rings (SSSR count). The molecule has 0 saturated heterocycles. The highest BCUT2D eigenvalue weighted by Crippen LogP contribution is 2.32. The highest BCUT2D eigenvalue weighted by Gasteiger charge is 2.17. The van der Waals surface area contributed by atoms with Crippen molar-refractivity contribution < 1.29 is 4.74 Å². The van der Waals surface area contributed by atoms with Crippen molar-refractivity contribution in [3.63, 3.8) is 0 Å². The molecule has 2 heterocycles. The van der Waals surface area contributed by atoms with E-state index in [9.17, 15) is 0 Å². The number of hydrogen-bond donors (Lipinski definition) is 2. The maximum absolute atomic E-state index is 6.19. The van der Waals surface area contributed by atoms with Gasteiger partial charge in [-0.3, -0.25) is 0 Å². The molecule has 0 aliphatic carbocycles. The first-order valence-corrected chi connectivity index (χ1v) is 10.2. The van der Waals surface area contributed by atoms with Crippen LogP contribution in [0.25, 0.3) is 22.3 Å². The minimum absolute atomic E-state index is 0.436. The predicted octanol–water partition coefficient (Wildman–Crippen LogP) is 4.26. The van der Waals surface area contributed by atoms with E-state index < -0.39 is 0 Å². The van der Waals surface area contributed by atoms with Gasteiger partial charge in [-0.05, 0) is 49.4 Å². The molecule has 2 aromatic heterocycles. The number of nitrogen functional groups attached to an aromatic ring is 1. The second kappa shape index (κ2) is 8.92. The molecule has 7 heteroatoms. The number of hydrogen-bond acceptors (Lipinski definition) is 6. The van der Waals surface area contributed by atoms with Crippen molar-refractivity contribution in [1.82, 2.24) is 25.1 Å². The first-order valence-electron chi connectivity index (χ1n) is 10.2. The fourth-order valence-corrected chi connectivity index (χ4v) is 3.31. The molecule has 0 saturated carbocycles. The van der Waals surface area contributed by atoms with Gasteiger partial charge in [-0.25, -0.2) is 14.6 Å². The number of fused-ring (bicyclic) bond motifs is 1. The minimum Gasteiger partial charge on any atom is -0.457 e. The molecule has 30 heavy (non-hydrogen) atoms. The van der Waals surface area contributed by atoms with Gasteiger partial charge in [0.15, 0.2) is 5.65 Å². The van der Waals surface area contributed by atoms with Crippen LogP contribution in [-0.2, 0) is 6.54 Å². The van der Waals surface area contributed by atoms with Gasteiger partial charge in [0.1, 0.15) is 29.3 Å². The monoisotopic (exact) mass is 402 g/mol. The van der Waals surface area contributed by atoms with Crippen molar-refractivity contribution in [2.24, 2.45) is 0 Å². The lowest BCUT2D eigenvalue weighted by molar-refractivity contribution is 0.483. The summed E-state index contributed by atoms with van der Waals surface area (Å²) in [7, 11) is 0. The van der Waals surface area contributed by atoms with Crippen LogP contribution >= 0.6 is 0 Å². The number of aryl methyl sites for hydroxylation is 1. The van der Waals surface area contributed by atoms with Crippen LogP contribution in [0, 0.1) is 0 Å². The zero-order valence-corrected chi connectivity index (χ0v) is 17.2. The number of anilines is 1. The van der Waals surface area contributed by atoms with Crippen molar-refractivity contribution in [1.29, 1.82) is 0 Å². The summed E-state index contributed by atoms with van der Waals surface area (Å²) in [6.07, 6.45) is 2.44. The summed E-state index contributed by atoms with van der Waals surface area (Å²) >= 11 is 0. The first-order chi connectivity index (χ1) is 14.6. The van der Waals surface area contributed by atoms with E-state index in [1.54, 1.807) is 0 Å². The van der Waals surface area contributed by atoms with Gasteiger partial charge in [-0.15, -0.1) is 0 Å². The third kappa shape index (κ3) is 4.41. The summed E-state index contributed by atoms with van der Waals surface area (Å²) in [6.45, 7) is 5.95. The third-order valence-electron chi connectivity index (χ3n) is 4.76. The van der Waals surface area contributed by atoms with E-state index in [-0.39, 0.29) is 0 Å². The average molecular weight is 403 g/mol. The molecule has 154 valence electrons. The normalized spacial score (nSPS) is 11.3. The molecule has 0 aliphatic heterocycles. The lowest BCUT2D eigenvalue weighted by atomic mass is 10.1. The number of rotatable bonds is 8. The quantitative estimate of drug-likeness (QED) is 0.428. The smallest absolute Gasteiger partial charge is 0.163 e. The highest BCUT2D eigenvalue weighted by molar-refractivity contribution is 5.98. The van der Waals surface area contributed by atoms with Crippen LogP contribution in [0.1, 0.15) is 20.3 Å². The molecule has 7 nitrogen and oxygen atoms in total. The Morgan fingerprint density at radius 2 is 1.73 bits per heavy atom. The van der Waals surface area contributed by atoms with Gasteiger partial charge in [0.05, 0.1) is 5.39 Å². The summed E-state index contributed by atoms with van der Waals surface area (Å²) in [4.78, 5) is 8.62. The Labute approximate surface area is 175 Å². The van der Waals surface area contributed by atoms with Gasteiger partial charge in [0.25, 0.3) is 0 Å². The van der Waals surface area contributed by atoms with Gasteiger partial charge < -0.3 is 15.8 Å². The van der Waals surface area contributed by atoms with Gasteiger partial charge in [0.2, 0.25) is 0 Å². The molecule has 0 spiro atoms. The van der Waals surface area contributed by atoms with E-state index in [0.29, 0.717) is 11.9 Å². The Hall–Kier alpha value is -3.45. The zero-order chi connectivity index (χ0) is 20.9. The molecule has 0 atom stereocenters. The van der Waals surface area contributed by atoms with Gasteiger partial charge in [-0.2, -0.15) is 5.10 Å². The molecule has 0 aliphatic rings. The van der Waals surface area contributed by atoms with Crippen LogP contribution in [0.3, 0.4) is 0 Å². The molecular formula is C23H26N6O. The maximum Gasteiger partial charge on any atom is 0.163 e. The van der Waals surface area contributed by atoms with Crippen LogP contribution < -0.4 is 15.8 Å². The van der Waals surface area contributed by atoms with Gasteiger partial charge in [0, 0.05) is 18.2 Å². The van der Waals surface area contributed by atoms with E-state index >= 15 is 0 Å². The van der Waals surface area contributed by atoms with Crippen molar-refractivity contribution in [3.05, 3.63) is 60.9 Å². The number of para-hydroxylation sites is 1. The minimum atomic E-state index is 0.436. The Morgan fingerprint density at radius 1 is 1.00 bits per heavy atom. The lowest BCUT2D eigenvalue weighted by Crippen LogP contribution is -2.24. The number of benzene rings is 2. The van der Waals surface area contributed by atoms with Gasteiger partial charge in [-0.1, -0.05) is 32.0 Å². The maximum atomic E-state index is 6.19. The number of nitrogens with two attached hydrogens (primary N) is 1. The highest BCUT2D eigenvalue weighted by atomic mass is 16.5. The van der Waals surface area contributed by atoms with Crippen LogP contribution in [-0.4, -0.2) is 32.3 Å². The number of aromatic nitrogens is 4. The zero-order valence-electron chi connectivity index (χ0n) is 17.2. The van der Waals surface area contributed by atoms with Crippen LogP contribution in [0.15, 0.2) is 60.9 Å². The van der Waals surface area contributed by atoms with E-state index in [0.717, 1.165) is 53.3 Å². The largest absolute Gasteiger partial charge is 0.457 e. The topological polar surface area (TPSA) is 90.9 Å². The van der Waals surface area contributed by atoms with E-state index in [2.05, 4.69) is 29.1 Å². The Morgan fingerprint density at radius 3 is 2.47 bits per heavy atom. The molecule has 2 aromatic carbocycles. The van der Waals surface area contributed by atoms with E-state index in [4.69, 9.17) is 15.6 Å². The SMILES string of the molecule is CC(C)NCCCn1nc(-c2ccc(Oc3ccccc3)cc2)c2c(N)ncnc21. The Kier molecular flexibility index (Phi) is 5.90. The van der Waals surface area contributed by atoms with Crippen LogP contribution in [0.4, 0.5) is 5.82 Å². The standard InChI is InChI=1S/C23H26N6O/c1-16(2)25-13-6-14-29-23-20(22(24)26-15-27-23)21(28-29)17-9-11-19(12-10-17)30-18-7-4-3-5-8-18/h3-5,7-12,15-16,25H,6,13-14H2,1-2H3,(H2,24,26,27). The third-order valence-corrected chi connectivity index (χ3v) is 4.76. The van der Waals surface area contributed by atoms with Crippen molar-refractivity contribution >= 4 is 16.9 Å². The summed E-state index contributed by atoms with van der Waals surface area (Å²) < 4.78 is 7.80. The molecule has 0 fully saturated rings. The van der Waals surface area contributed by atoms with Crippen molar-refractivity contribution in [2.45, 2.75) is 32.9 Å². The molecule has 0 bridgehead atoms. The number of nitrogens with zero attached hydrogens (tertiary/aromatic N) is 4. The molecule has 3 N–H and O–H groups in total. The molecule has 0 unspecified atom stereocenters. The lowest BCUT2D eigenvalue weighted by Gasteiger charge is -2.08. The first kappa shape index (κ1) is 19.8. The second-order valence-electron chi connectivity index (χ2n) is 7.43. The molecule has 0 amide bonds. The number of ether oxygens (including phenoxy) is 1. The van der Waals surface area contributed by atoms with Crippen LogP contribution in [0.2, 0.25) is 0 Å². The second-order valence-corrected chi connectivity index (χ2v) is 7.43. The Balaban J connectivity index is 1.60. The summed E-state index contributed by atoms with van der Waals surface area (Å²) in [5, 5.41) is 9.03. The Bertz CT molecular complexity index is 1110. The van der Waals surface area contributed by atoms with E-state index in [1.165, 1.54) is 6.33 Å². The average Bonchev–Trinajstić information content (AvgIpc) is 3.12. The van der Waals surface area contributed by atoms with Gasteiger partial charge >= 0.3 is 0 Å². The molecular weight excluding hydrogens is 376 g/mol. The molecule has 0 radical (unpaired) electrons.